The molecule has 0 amide bonds. The summed E-state index contributed by atoms with van der Waals surface area (Å²) >= 11 is 0. The number of benzene rings is 1. The van der Waals surface area contributed by atoms with Crippen molar-refractivity contribution in [2.24, 2.45) is 5.92 Å². The molecule has 5 heteroatoms. The van der Waals surface area contributed by atoms with E-state index < -0.39 is 11.9 Å². The van der Waals surface area contributed by atoms with Crippen molar-refractivity contribution in [1.82, 2.24) is 0 Å². The van der Waals surface area contributed by atoms with Gasteiger partial charge in [-0.2, -0.15) is 5.26 Å². The normalized spacial score (nSPS) is 14.7. The van der Waals surface area contributed by atoms with Crippen LogP contribution in [0.1, 0.15) is 65.4 Å². The highest BCUT2D eigenvalue weighted by Gasteiger charge is 2.30. The molecule has 1 N–H and O–H groups in total. The Kier molecular flexibility index (Phi) is 5.63. The predicted molar refractivity (Wildman–Crippen MR) is 93.3 cm³/mol. The summed E-state index contributed by atoms with van der Waals surface area (Å²) in [5, 5.41) is 18.6. The van der Waals surface area contributed by atoms with Gasteiger partial charge >= 0.3 is 11.9 Å². The summed E-state index contributed by atoms with van der Waals surface area (Å²) in [5.74, 6) is -1.34. The van der Waals surface area contributed by atoms with Gasteiger partial charge in [0.05, 0.1) is 17.5 Å². The number of ether oxygens (including phenoxy) is 1. The van der Waals surface area contributed by atoms with Gasteiger partial charge < -0.3 is 9.84 Å². The highest BCUT2D eigenvalue weighted by Crippen LogP contribution is 2.34. The summed E-state index contributed by atoms with van der Waals surface area (Å²) in [4.78, 5) is 22.9. The SMILES string of the molecule is CCc1c(C)c2c(c(C#N)c1CC=C(C)C(C)CC(=O)O)C(=O)OC2. The van der Waals surface area contributed by atoms with Crippen LogP contribution in [0.25, 0.3) is 0 Å². The lowest BCUT2D eigenvalue weighted by Gasteiger charge is -2.16. The number of cyclic esters (lactones) is 1. The Bertz CT molecular complexity index is 799. The fourth-order valence-electron chi connectivity index (χ4n) is 3.38. The largest absolute Gasteiger partial charge is 0.481 e. The van der Waals surface area contributed by atoms with E-state index in [4.69, 9.17) is 9.84 Å². The average Bonchev–Trinajstić information content (AvgIpc) is 2.94. The molecule has 0 radical (unpaired) electrons. The monoisotopic (exact) mass is 341 g/mol. The van der Waals surface area contributed by atoms with Gasteiger partial charge in [0.25, 0.3) is 0 Å². The number of rotatable bonds is 6. The lowest BCUT2D eigenvalue weighted by molar-refractivity contribution is -0.137. The molecule has 1 aromatic rings. The van der Waals surface area contributed by atoms with E-state index in [1.807, 2.05) is 33.8 Å². The first-order valence-corrected chi connectivity index (χ1v) is 8.44. The van der Waals surface area contributed by atoms with Crippen LogP contribution in [0.5, 0.6) is 0 Å². The molecule has 1 atom stereocenters. The van der Waals surface area contributed by atoms with Crippen molar-refractivity contribution in [3.8, 4) is 6.07 Å². The van der Waals surface area contributed by atoms with Crippen LogP contribution in [-0.2, 0) is 29.0 Å². The van der Waals surface area contributed by atoms with Gasteiger partial charge in [-0.15, -0.1) is 0 Å². The maximum absolute atomic E-state index is 12.1. The van der Waals surface area contributed by atoms with Crippen LogP contribution in [-0.4, -0.2) is 17.0 Å². The molecule has 0 spiro atoms. The zero-order valence-electron chi connectivity index (χ0n) is 15.1. The first-order valence-electron chi connectivity index (χ1n) is 8.44. The van der Waals surface area contributed by atoms with Gasteiger partial charge in [0.1, 0.15) is 12.7 Å². The average molecular weight is 341 g/mol. The molecule has 0 aromatic heterocycles. The van der Waals surface area contributed by atoms with Crippen molar-refractivity contribution in [1.29, 1.82) is 5.26 Å². The molecule has 0 saturated heterocycles. The first-order chi connectivity index (χ1) is 11.8. The number of fused-ring (bicyclic) bond motifs is 1. The fourth-order valence-corrected chi connectivity index (χ4v) is 3.38. The predicted octanol–water partition coefficient (Wildman–Crippen LogP) is 3.70. The lowest BCUT2D eigenvalue weighted by atomic mass is 9.85. The number of esters is 1. The number of nitriles is 1. The molecule has 2 rings (SSSR count). The summed E-state index contributed by atoms with van der Waals surface area (Å²) in [5.41, 5.74) is 5.52. The highest BCUT2D eigenvalue weighted by atomic mass is 16.5. The standard InChI is InChI=1S/C20H23NO4/c1-5-14-13(4)17-10-25-20(24)19(17)16(9-21)15(14)7-6-11(2)12(3)8-18(22)23/h6,12H,5,7-8,10H2,1-4H3,(H,22,23). The number of carbonyl (C=O) groups excluding carboxylic acids is 1. The zero-order chi connectivity index (χ0) is 18.7. The molecule has 0 aliphatic carbocycles. The van der Waals surface area contributed by atoms with Gasteiger partial charge in [-0.3, -0.25) is 4.79 Å². The van der Waals surface area contributed by atoms with E-state index in [2.05, 4.69) is 6.07 Å². The Morgan fingerprint density at radius 2 is 2.12 bits per heavy atom. The quantitative estimate of drug-likeness (QED) is 0.629. The van der Waals surface area contributed by atoms with Gasteiger partial charge in [-0.1, -0.05) is 25.5 Å². The maximum atomic E-state index is 12.1. The van der Waals surface area contributed by atoms with Crippen LogP contribution < -0.4 is 0 Å². The third-order valence-electron chi connectivity index (χ3n) is 5.03. The van der Waals surface area contributed by atoms with E-state index in [-0.39, 0.29) is 18.9 Å². The Morgan fingerprint density at radius 1 is 1.44 bits per heavy atom. The van der Waals surface area contributed by atoms with E-state index in [1.54, 1.807) is 0 Å². The van der Waals surface area contributed by atoms with Crippen LogP contribution in [0.15, 0.2) is 11.6 Å². The second-order valence-electron chi connectivity index (χ2n) is 6.50. The van der Waals surface area contributed by atoms with Crippen LogP contribution in [0, 0.1) is 24.2 Å². The van der Waals surface area contributed by atoms with Crippen molar-refractivity contribution in [2.45, 2.75) is 53.6 Å². The van der Waals surface area contributed by atoms with E-state index in [0.717, 1.165) is 34.2 Å². The molecule has 5 nitrogen and oxygen atoms in total. The second kappa shape index (κ2) is 7.52. The molecule has 0 bridgehead atoms. The van der Waals surface area contributed by atoms with Gasteiger partial charge in [-0.05, 0) is 49.3 Å². The first kappa shape index (κ1) is 18.7. The molecule has 0 fully saturated rings. The third-order valence-corrected chi connectivity index (χ3v) is 5.03. The molecule has 25 heavy (non-hydrogen) atoms. The van der Waals surface area contributed by atoms with Crippen molar-refractivity contribution >= 4 is 11.9 Å². The molecule has 1 unspecified atom stereocenters. The van der Waals surface area contributed by atoms with Crippen molar-refractivity contribution < 1.29 is 19.4 Å². The number of carbonyl (C=O) groups is 2. The Morgan fingerprint density at radius 3 is 2.68 bits per heavy atom. The van der Waals surface area contributed by atoms with Gasteiger partial charge in [0, 0.05) is 5.56 Å². The number of hydrogen-bond donors (Lipinski definition) is 1. The van der Waals surface area contributed by atoms with Gasteiger partial charge in [0.15, 0.2) is 0 Å². The summed E-state index contributed by atoms with van der Waals surface area (Å²) in [6, 6.07) is 2.19. The van der Waals surface area contributed by atoms with E-state index >= 15 is 0 Å². The van der Waals surface area contributed by atoms with Crippen molar-refractivity contribution in [2.75, 3.05) is 0 Å². The highest BCUT2D eigenvalue weighted by molar-refractivity contribution is 5.97. The van der Waals surface area contributed by atoms with Crippen molar-refractivity contribution in [3.05, 3.63) is 45.0 Å². The summed E-state index contributed by atoms with van der Waals surface area (Å²) in [6.07, 6.45) is 3.30. The van der Waals surface area contributed by atoms with E-state index in [1.165, 1.54) is 0 Å². The number of carboxylic acids is 1. The molecule has 1 heterocycles. The third kappa shape index (κ3) is 3.58. The molecule has 0 saturated carbocycles. The van der Waals surface area contributed by atoms with Gasteiger partial charge in [-0.25, -0.2) is 4.79 Å². The second-order valence-corrected chi connectivity index (χ2v) is 6.50. The Hall–Kier alpha value is -2.61. The van der Waals surface area contributed by atoms with Crippen LogP contribution in [0.4, 0.5) is 0 Å². The zero-order valence-corrected chi connectivity index (χ0v) is 15.1. The van der Waals surface area contributed by atoms with Crippen molar-refractivity contribution in [3.63, 3.8) is 0 Å². The molecule has 132 valence electrons. The minimum Gasteiger partial charge on any atom is -0.481 e. The smallest absolute Gasteiger partial charge is 0.340 e. The minimum atomic E-state index is -0.830. The Labute approximate surface area is 147 Å². The lowest BCUT2D eigenvalue weighted by Crippen LogP contribution is -2.09. The molecule has 1 aromatic carbocycles. The molecular weight excluding hydrogens is 318 g/mol. The minimum absolute atomic E-state index is 0.0730. The van der Waals surface area contributed by atoms with Crippen LogP contribution >= 0.6 is 0 Å². The van der Waals surface area contributed by atoms with Crippen LogP contribution in [0.2, 0.25) is 0 Å². The molecule has 1 aliphatic rings. The number of nitrogens with zero attached hydrogens (tertiary/aromatic N) is 1. The fraction of sp³-hybridized carbons (Fsp3) is 0.450. The number of aliphatic carboxylic acids is 1. The molecule has 1 aliphatic heterocycles. The number of allylic oxidation sites excluding steroid dienone is 2. The Balaban J connectivity index is 2.49. The molecular formula is C20H23NO4. The summed E-state index contributed by atoms with van der Waals surface area (Å²) in [6.45, 7) is 8.00. The summed E-state index contributed by atoms with van der Waals surface area (Å²) < 4.78 is 5.14. The number of hydrogen-bond acceptors (Lipinski definition) is 4. The van der Waals surface area contributed by atoms with Gasteiger partial charge in [0.2, 0.25) is 0 Å². The van der Waals surface area contributed by atoms with E-state index in [0.29, 0.717) is 17.5 Å². The van der Waals surface area contributed by atoms with E-state index in [9.17, 15) is 14.9 Å². The summed E-state index contributed by atoms with van der Waals surface area (Å²) in [7, 11) is 0. The topological polar surface area (TPSA) is 87.4 Å². The maximum Gasteiger partial charge on any atom is 0.340 e. The van der Waals surface area contributed by atoms with Crippen LogP contribution in [0.3, 0.4) is 0 Å². The number of carboxylic acid groups (broad SMARTS) is 1.